The third-order valence-corrected chi connectivity index (χ3v) is 4.73. The van der Waals surface area contributed by atoms with Crippen molar-refractivity contribution >= 4 is 23.2 Å². The van der Waals surface area contributed by atoms with Crippen molar-refractivity contribution < 1.29 is 5.11 Å². The fourth-order valence-corrected chi connectivity index (χ4v) is 3.29. The quantitative estimate of drug-likeness (QED) is 0.912. The third-order valence-electron chi connectivity index (χ3n) is 4.15. The summed E-state index contributed by atoms with van der Waals surface area (Å²) < 4.78 is 1.92. The second-order valence-electron chi connectivity index (χ2n) is 5.52. The summed E-state index contributed by atoms with van der Waals surface area (Å²) in [6.45, 7) is 4.22. The highest BCUT2D eigenvalue weighted by atomic mass is 35.5. The molecule has 3 rings (SSSR count). The Kier molecular flexibility index (Phi) is 4.17. The number of fused-ring (bicyclic) bond motifs is 1. The molecule has 1 N–H and O–H groups in total. The fourth-order valence-electron chi connectivity index (χ4n) is 2.83. The Labute approximate surface area is 138 Å². The van der Waals surface area contributed by atoms with Gasteiger partial charge in [0.1, 0.15) is 0 Å². The molecule has 0 fully saturated rings. The van der Waals surface area contributed by atoms with Crippen molar-refractivity contribution in [3.8, 4) is 5.75 Å². The highest BCUT2D eigenvalue weighted by Crippen LogP contribution is 2.31. The molecular weight excluding hydrogens is 323 g/mol. The van der Waals surface area contributed by atoms with Crippen LogP contribution in [-0.4, -0.2) is 21.1 Å². The molecule has 1 aromatic carbocycles. The van der Waals surface area contributed by atoms with Gasteiger partial charge in [-0.2, -0.15) is 0 Å². The lowest BCUT2D eigenvalue weighted by atomic mass is 10.1. The Morgan fingerprint density at radius 2 is 2.00 bits per heavy atom. The maximum absolute atomic E-state index is 11.6. The molecule has 0 radical (unpaired) electrons. The largest absolute Gasteiger partial charge is 0.503 e. The van der Waals surface area contributed by atoms with E-state index in [1.807, 2.05) is 10.6 Å². The van der Waals surface area contributed by atoms with E-state index in [1.165, 1.54) is 12.3 Å². The van der Waals surface area contributed by atoms with Crippen LogP contribution in [0.4, 0.5) is 0 Å². The number of pyridine rings is 1. The van der Waals surface area contributed by atoms with Crippen molar-refractivity contribution in [2.45, 2.75) is 26.1 Å². The van der Waals surface area contributed by atoms with E-state index < -0.39 is 0 Å². The van der Waals surface area contributed by atoms with Crippen molar-refractivity contribution in [1.29, 1.82) is 0 Å². The molecule has 1 atom stereocenters. The van der Waals surface area contributed by atoms with Crippen LogP contribution in [0.2, 0.25) is 10.0 Å². The molecule has 116 valence electrons. The first kappa shape index (κ1) is 15.4. The van der Waals surface area contributed by atoms with E-state index in [0.717, 1.165) is 17.8 Å². The molecule has 6 heteroatoms. The van der Waals surface area contributed by atoms with Crippen LogP contribution in [0.3, 0.4) is 0 Å². The van der Waals surface area contributed by atoms with Gasteiger partial charge >= 0.3 is 0 Å². The summed E-state index contributed by atoms with van der Waals surface area (Å²) >= 11 is 12.4. The summed E-state index contributed by atoms with van der Waals surface area (Å²) in [4.78, 5) is 13.9. The number of rotatable bonds is 2. The lowest BCUT2D eigenvalue weighted by molar-refractivity contribution is 0.165. The van der Waals surface area contributed by atoms with Gasteiger partial charge in [0.15, 0.2) is 5.75 Å². The summed E-state index contributed by atoms with van der Waals surface area (Å²) in [5, 5.41) is 10.9. The van der Waals surface area contributed by atoms with Crippen LogP contribution < -0.4 is 5.43 Å². The lowest BCUT2D eigenvalue weighted by Crippen LogP contribution is -2.36. The highest BCUT2D eigenvalue weighted by molar-refractivity contribution is 6.33. The van der Waals surface area contributed by atoms with Crippen LogP contribution in [0, 0.1) is 0 Å². The topological polar surface area (TPSA) is 45.5 Å². The highest BCUT2D eigenvalue weighted by Gasteiger charge is 2.23. The van der Waals surface area contributed by atoms with Crippen LogP contribution in [0.5, 0.6) is 5.75 Å². The van der Waals surface area contributed by atoms with Crippen molar-refractivity contribution in [2.24, 2.45) is 0 Å². The van der Waals surface area contributed by atoms with Gasteiger partial charge in [-0.15, -0.1) is 0 Å². The summed E-state index contributed by atoms with van der Waals surface area (Å²) in [5.41, 5.74) is 1.52. The van der Waals surface area contributed by atoms with Crippen LogP contribution in [0.15, 0.2) is 35.3 Å². The minimum absolute atomic E-state index is 0.0869. The maximum Gasteiger partial charge on any atom is 0.223 e. The second-order valence-corrected chi connectivity index (χ2v) is 6.36. The molecule has 1 aliphatic heterocycles. The van der Waals surface area contributed by atoms with Crippen LogP contribution in [0.1, 0.15) is 24.2 Å². The molecule has 2 aromatic rings. The minimum atomic E-state index is -0.346. The molecule has 4 nitrogen and oxygen atoms in total. The number of hydrogen-bond acceptors (Lipinski definition) is 3. The lowest BCUT2D eigenvalue weighted by Gasteiger charge is -2.35. The van der Waals surface area contributed by atoms with Gasteiger partial charge in [0.25, 0.3) is 0 Å². The molecule has 0 saturated carbocycles. The molecule has 2 heterocycles. The van der Waals surface area contributed by atoms with E-state index >= 15 is 0 Å². The summed E-state index contributed by atoms with van der Waals surface area (Å²) in [6, 6.07) is 7.04. The predicted octanol–water partition coefficient (Wildman–Crippen LogP) is 3.44. The first-order chi connectivity index (χ1) is 10.5. The normalized spacial score (nSPS) is 16.3. The van der Waals surface area contributed by atoms with Gasteiger partial charge in [0, 0.05) is 47.5 Å². The van der Waals surface area contributed by atoms with Crippen molar-refractivity contribution in [1.82, 2.24) is 9.47 Å². The van der Waals surface area contributed by atoms with Gasteiger partial charge in [0.2, 0.25) is 5.43 Å². The van der Waals surface area contributed by atoms with E-state index in [-0.39, 0.29) is 17.2 Å². The van der Waals surface area contributed by atoms with Gasteiger partial charge in [0.05, 0.1) is 6.20 Å². The Bertz CT molecular complexity index is 773. The number of benzene rings is 1. The number of halogens is 2. The molecule has 0 amide bonds. The summed E-state index contributed by atoms with van der Waals surface area (Å²) in [7, 11) is 0. The number of nitrogens with zero attached hydrogens (tertiary/aromatic N) is 2. The van der Waals surface area contributed by atoms with E-state index in [4.69, 9.17) is 23.2 Å². The summed E-state index contributed by atoms with van der Waals surface area (Å²) in [6.07, 6.45) is 1.51. The molecule has 0 bridgehead atoms. The molecule has 22 heavy (non-hydrogen) atoms. The Morgan fingerprint density at radius 3 is 2.77 bits per heavy atom. The van der Waals surface area contributed by atoms with Gasteiger partial charge in [-0.05, 0) is 30.7 Å². The molecule has 0 spiro atoms. The van der Waals surface area contributed by atoms with Gasteiger partial charge in [-0.25, -0.2) is 0 Å². The molecule has 0 aliphatic carbocycles. The Morgan fingerprint density at radius 1 is 1.23 bits per heavy atom. The number of aromatic hydroxyl groups is 1. The van der Waals surface area contributed by atoms with Gasteiger partial charge in [-0.1, -0.05) is 23.2 Å². The monoisotopic (exact) mass is 338 g/mol. The van der Waals surface area contributed by atoms with Crippen molar-refractivity contribution in [3.05, 3.63) is 62.0 Å². The zero-order valence-electron chi connectivity index (χ0n) is 12.1. The number of aromatic nitrogens is 1. The first-order valence-corrected chi connectivity index (χ1v) is 7.82. The molecule has 0 saturated heterocycles. The number of hydrogen-bond donors (Lipinski definition) is 1. The Balaban J connectivity index is 1.89. The van der Waals surface area contributed by atoms with Gasteiger partial charge in [-0.3, -0.25) is 9.69 Å². The summed E-state index contributed by atoms with van der Waals surface area (Å²) in [5.74, 6) is -0.205. The Hall–Kier alpha value is -1.49. The van der Waals surface area contributed by atoms with Crippen LogP contribution >= 0.6 is 23.2 Å². The first-order valence-electron chi connectivity index (χ1n) is 7.07. The van der Waals surface area contributed by atoms with Gasteiger partial charge < -0.3 is 9.67 Å². The van der Waals surface area contributed by atoms with Crippen LogP contribution in [0.25, 0.3) is 0 Å². The zero-order chi connectivity index (χ0) is 15.9. The van der Waals surface area contributed by atoms with E-state index in [2.05, 4.69) is 11.8 Å². The molecule has 1 aliphatic rings. The fraction of sp³-hybridized carbons (Fsp3) is 0.312. The maximum atomic E-state index is 11.6. The zero-order valence-corrected chi connectivity index (χ0v) is 13.6. The average Bonchev–Trinajstić information content (AvgIpc) is 2.50. The average molecular weight is 339 g/mol. The minimum Gasteiger partial charge on any atom is -0.503 e. The molecule has 1 aromatic heterocycles. The standard InChI is InChI=1S/C16H16Cl2N2O2/c1-10(13-6-11(17)2-3-14(13)18)19-4-5-20-9-16(22)15(21)7-12(20)8-19/h2-3,6-7,9-10,22H,4-5,8H2,1H3. The molecular formula is C16H16Cl2N2O2. The SMILES string of the molecule is CC(c1cc(Cl)ccc1Cl)N1CCn2cc(O)c(=O)cc2C1. The van der Waals surface area contributed by atoms with Crippen molar-refractivity contribution in [3.63, 3.8) is 0 Å². The smallest absolute Gasteiger partial charge is 0.223 e. The van der Waals surface area contributed by atoms with E-state index in [0.29, 0.717) is 23.1 Å². The predicted molar refractivity (Wildman–Crippen MR) is 87.7 cm³/mol. The van der Waals surface area contributed by atoms with Crippen LogP contribution in [-0.2, 0) is 13.1 Å². The third kappa shape index (κ3) is 2.86. The second kappa shape index (κ2) is 5.95. The van der Waals surface area contributed by atoms with E-state index in [1.54, 1.807) is 12.1 Å². The van der Waals surface area contributed by atoms with Crippen molar-refractivity contribution in [2.75, 3.05) is 6.54 Å². The molecule has 1 unspecified atom stereocenters. The van der Waals surface area contributed by atoms with E-state index in [9.17, 15) is 9.90 Å².